The topological polar surface area (TPSA) is 42.0 Å². The van der Waals surface area contributed by atoms with Crippen molar-refractivity contribution in [3.8, 4) is 0 Å². The monoisotopic (exact) mass is 206 g/mol. The van der Waals surface area contributed by atoms with Crippen molar-refractivity contribution in [2.45, 2.75) is 27.3 Å². The molecule has 15 heavy (non-hydrogen) atoms. The highest BCUT2D eigenvalue weighted by Crippen LogP contribution is 2.09. The van der Waals surface area contributed by atoms with E-state index in [-0.39, 0.29) is 11.8 Å². The van der Waals surface area contributed by atoms with Crippen molar-refractivity contribution in [1.29, 1.82) is 0 Å². The van der Waals surface area contributed by atoms with E-state index in [2.05, 4.69) is 24.1 Å². The van der Waals surface area contributed by atoms with Crippen LogP contribution in [0.4, 0.5) is 0 Å². The van der Waals surface area contributed by atoms with Crippen molar-refractivity contribution >= 4 is 5.91 Å². The number of carbonyl (C=O) groups is 1. The van der Waals surface area contributed by atoms with Gasteiger partial charge >= 0.3 is 0 Å². The van der Waals surface area contributed by atoms with Crippen LogP contribution in [0.3, 0.4) is 0 Å². The van der Waals surface area contributed by atoms with E-state index in [0.29, 0.717) is 12.5 Å². The minimum Gasteiger partial charge on any atom is -0.352 e. The number of nitrogens with one attached hydrogen (secondary N) is 1. The maximum atomic E-state index is 11.6. The first kappa shape index (κ1) is 11.7. The van der Waals surface area contributed by atoms with Crippen LogP contribution in [-0.4, -0.2) is 10.9 Å². The van der Waals surface area contributed by atoms with Gasteiger partial charge in [0.05, 0.1) is 0 Å². The highest BCUT2D eigenvalue weighted by molar-refractivity contribution is 5.78. The second-order valence-electron chi connectivity index (χ2n) is 4.11. The van der Waals surface area contributed by atoms with Crippen molar-refractivity contribution in [3.63, 3.8) is 0 Å². The standard InChI is InChI=1S/C12H18N2O/c1-9(2)10(3)12(15)14-8-11-4-6-13-7-5-11/h4-7,9-10H,8H2,1-3H3,(H,14,15)/t10-/m0/s1. The summed E-state index contributed by atoms with van der Waals surface area (Å²) in [6, 6.07) is 3.81. The van der Waals surface area contributed by atoms with Gasteiger partial charge in [-0.2, -0.15) is 0 Å². The quantitative estimate of drug-likeness (QED) is 0.818. The van der Waals surface area contributed by atoms with Gasteiger partial charge in [-0.1, -0.05) is 20.8 Å². The predicted octanol–water partition coefficient (Wildman–Crippen LogP) is 1.99. The molecule has 0 bridgehead atoms. The van der Waals surface area contributed by atoms with Gasteiger partial charge in [0.25, 0.3) is 0 Å². The summed E-state index contributed by atoms with van der Waals surface area (Å²) in [5.41, 5.74) is 1.08. The summed E-state index contributed by atoms with van der Waals surface area (Å²) in [5, 5.41) is 2.91. The van der Waals surface area contributed by atoms with Gasteiger partial charge in [0.2, 0.25) is 5.91 Å². The Hall–Kier alpha value is -1.38. The molecule has 0 spiro atoms. The lowest BCUT2D eigenvalue weighted by Crippen LogP contribution is -2.31. The molecule has 1 atom stereocenters. The lowest BCUT2D eigenvalue weighted by molar-refractivity contribution is -0.125. The molecule has 0 radical (unpaired) electrons. The Kier molecular flexibility index (Phi) is 4.28. The van der Waals surface area contributed by atoms with Crippen LogP contribution in [-0.2, 0) is 11.3 Å². The summed E-state index contributed by atoms with van der Waals surface area (Å²) in [4.78, 5) is 15.6. The van der Waals surface area contributed by atoms with Gasteiger partial charge < -0.3 is 5.32 Å². The summed E-state index contributed by atoms with van der Waals surface area (Å²) in [6.45, 7) is 6.64. The van der Waals surface area contributed by atoms with Crippen LogP contribution in [0.25, 0.3) is 0 Å². The normalized spacial score (nSPS) is 12.5. The third-order valence-electron chi connectivity index (χ3n) is 2.63. The van der Waals surface area contributed by atoms with Gasteiger partial charge in [0.1, 0.15) is 0 Å². The van der Waals surface area contributed by atoms with Crippen LogP contribution in [0.5, 0.6) is 0 Å². The number of hydrogen-bond donors (Lipinski definition) is 1. The molecule has 0 saturated carbocycles. The van der Waals surface area contributed by atoms with Gasteiger partial charge in [-0.3, -0.25) is 9.78 Å². The first-order chi connectivity index (χ1) is 7.11. The molecule has 0 aliphatic carbocycles. The van der Waals surface area contributed by atoms with E-state index in [1.54, 1.807) is 12.4 Å². The fourth-order valence-corrected chi connectivity index (χ4v) is 1.15. The third kappa shape index (κ3) is 3.70. The van der Waals surface area contributed by atoms with E-state index < -0.39 is 0 Å². The molecule has 1 N–H and O–H groups in total. The van der Waals surface area contributed by atoms with E-state index >= 15 is 0 Å². The number of rotatable bonds is 4. The molecule has 1 rings (SSSR count). The predicted molar refractivity (Wildman–Crippen MR) is 60.1 cm³/mol. The molecule has 82 valence electrons. The van der Waals surface area contributed by atoms with E-state index in [1.807, 2.05) is 19.1 Å². The average Bonchev–Trinajstić information content (AvgIpc) is 2.26. The van der Waals surface area contributed by atoms with Gasteiger partial charge in [0.15, 0.2) is 0 Å². The van der Waals surface area contributed by atoms with Gasteiger partial charge in [0, 0.05) is 24.9 Å². The Morgan fingerprint density at radius 2 is 1.93 bits per heavy atom. The Balaban J connectivity index is 2.41. The molecule has 1 aromatic heterocycles. The third-order valence-corrected chi connectivity index (χ3v) is 2.63. The second kappa shape index (κ2) is 5.49. The van der Waals surface area contributed by atoms with E-state index in [4.69, 9.17) is 0 Å². The number of pyridine rings is 1. The van der Waals surface area contributed by atoms with Crippen molar-refractivity contribution in [2.24, 2.45) is 11.8 Å². The van der Waals surface area contributed by atoms with Gasteiger partial charge in [-0.05, 0) is 23.6 Å². The lowest BCUT2D eigenvalue weighted by Gasteiger charge is -2.15. The van der Waals surface area contributed by atoms with E-state index in [9.17, 15) is 4.79 Å². The largest absolute Gasteiger partial charge is 0.352 e. The molecular weight excluding hydrogens is 188 g/mol. The number of aromatic nitrogens is 1. The molecule has 0 saturated heterocycles. The molecular formula is C12H18N2O. The summed E-state index contributed by atoms with van der Waals surface area (Å²) in [7, 11) is 0. The van der Waals surface area contributed by atoms with Crippen molar-refractivity contribution < 1.29 is 4.79 Å². The van der Waals surface area contributed by atoms with Crippen LogP contribution in [0.2, 0.25) is 0 Å². The smallest absolute Gasteiger partial charge is 0.223 e. The first-order valence-corrected chi connectivity index (χ1v) is 5.28. The molecule has 0 aromatic carbocycles. The average molecular weight is 206 g/mol. The van der Waals surface area contributed by atoms with Crippen LogP contribution in [0.1, 0.15) is 26.3 Å². The van der Waals surface area contributed by atoms with Gasteiger partial charge in [-0.15, -0.1) is 0 Å². The Morgan fingerprint density at radius 3 is 2.47 bits per heavy atom. The zero-order valence-electron chi connectivity index (χ0n) is 9.53. The molecule has 0 aliphatic rings. The molecule has 0 unspecified atom stereocenters. The number of amides is 1. The van der Waals surface area contributed by atoms with Crippen LogP contribution >= 0.6 is 0 Å². The van der Waals surface area contributed by atoms with Gasteiger partial charge in [-0.25, -0.2) is 0 Å². The molecule has 1 aromatic rings. The minimum atomic E-state index is 0.0619. The number of hydrogen-bond acceptors (Lipinski definition) is 2. The zero-order valence-corrected chi connectivity index (χ0v) is 9.53. The van der Waals surface area contributed by atoms with Crippen LogP contribution in [0, 0.1) is 11.8 Å². The summed E-state index contributed by atoms with van der Waals surface area (Å²) < 4.78 is 0. The van der Waals surface area contributed by atoms with Crippen LogP contribution in [0.15, 0.2) is 24.5 Å². The van der Waals surface area contributed by atoms with E-state index in [0.717, 1.165) is 5.56 Å². The molecule has 1 amide bonds. The molecule has 1 heterocycles. The van der Waals surface area contributed by atoms with Crippen molar-refractivity contribution in [2.75, 3.05) is 0 Å². The fraction of sp³-hybridized carbons (Fsp3) is 0.500. The Labute approximate surface area is 90.9 Å². The fourth-order valence-electron chi connectivity index (χ4n) is 1.15. The first-order valence-electron chi connectivity index (χ1n) is 5.28. The van der Waals surface area contributed by atoms with Crippen LogP contribution < -0.4 is 5.32 Å². The van der Waals surface area contributed by atoms with Crippen molar-refractivity contribution in [3.05, 3.63) is 30.1 Å². The molecule has 0 fully saturated rings. The number of nitrogens with zero attached hydrogens (tertiary/aromatic N) is 1. The lowest BCUT2D eigenvalue weighted by atomic mass is 9.97. The number of carbonyl (C=O) groups excluding carboxylic acids is 1. The summed E-state index contributed by atoms with van der Waals surface area (Å²) in [6.07, 6.45) is 3.46. The minimum absolute atomic E-state index is 0.0619. The molecule has 0 aliphatic heterocycles. The van der Waals surface area contributed by atoms with E-state index in [1.165, 1.54) is 0 Å². The molecule has 3 heteroatoms. The Morgan fingerprint density at radius 1 is 1.33 bits per heavy atom. The summed E-state index contributed by atoms with van der Waals surface area (Å²) >= 11 is 0. The highest BCUT2D eigenvalue weighted by Gasteiger charge is 2.15. The SMILES string of the molecule is CC(C)[C@H](C)C(=O)NCc1ccncc1. The Bertz CT molecular complexity index is 309. The second-order valence-corrected chi connectivity index (χ2v) is 4.11. The summed E-state index contributed by atoms with van der Waals surface area (Å²) in [5.74, 6) is 0.552. The highest BCUT2D eigenvalue weighted by atomic mass is 16.1. The maximum Gasteiger partial charge on any atom is 0.223 e. The van der Waals surface area contributed by atoms with Crippen molar-refractivity contribution in [1.82, 2.24) is 10.3 Å². The molecule has 3 nitrogen and oxygen atoms in total. The zero-order chi connectivity index (χ0) is 11.3. The maximum absolute atomic E-state index is 11.6.